The van der Waals surface area contributed by atoms with E-state index in [0.29, 0.717) is 6.54 Å². The third-order valence-corrected chi connectivity index (χ3v) is 4.53. The van der Waals surface area contributed by atoms with Gasteiger partial charge < -0.3 is 10.2 Å². The smallest absolute Gasteiger partial charge is 0.223 e. The number of rotatable bonds is 5. The van der Waals surface area contributed by atoms with E-state index in [1.54, 1.807) is 18.6 Å². The normalized spacial score (nSPS) is 15.3. The summed E-state index contributed by atoms with van der Waals surface area (Å²) in [4.78, 5) is 23.0. The summed E-state index contributed by atoms with van der Waals surface area (Å²) in [6.07, 6.45) is 7.78. The van der Waals surface area contributed by atoms with Crippen LogP contribution in [0.2, 0.25) is 0 Å². The van der Waals surface area contributed by atoms with Crippen molar-refractivity contribution in [2.45, 2.75) is 26.2 Å². The van der Waals surface area contributed by atoms with Crippen LogP contribution in [-0.4, -0.2) is 35.5 Å². The zero-order valence-corrected chi connectivity index (χ0v) is 14.1. The van der Waals surface area contributed by atoms with Crippen molar-refractivity contribution in [3.8, 4) is 0 Å². The van der Waals surface area contributed by atoms with Gasteiger partial charge in [-0.1, -0.05) is 29.8 Å². The number of anilines is 1. The highest BCUT2D eigenvalue weighted by atomic mass is 16.1. The molecule has 1 aliphatic heterocycles. The van der Waals surface area contributed by atoms with Gasteiger partial charge in [0.25, 0.3) is 0 Å². The maximum atomic E-state index is 12.3. The third kappa shape index (κ3) is 4.31. The predicted octanol–water partition coefficient (Wildman–Crippen LogP) is 2.36. The number of carbonyl (C=O) groups is 1. The summed E-state index contributed by atoms with van der Waals surface area (Å²) in [6, 6.07) is 8.44. The molecule has 0 spiro atoms. The van der Waals surface area contributed by atoms with E-state index >= 15 is 0 Å². The number of carbonyl (C=O) groups excluding carboxylic acids is 1. The van der Waals surface area contributed by atoms with E-state index in [0.717, 1.165) is 38.2 Å². The van der Waals surface area contributed by atoms with Gasteiger partial charge in [-0.15, -0.1) is 0 Å². The second-order valence-corrected chi connectivity index (χ2v) is 6.36. The van der Waals surface area contributed by atoms with Crippen LogP contribution in [0.5, 0.6) is 0 Å². The minimum absolute atomic E-state index is 0.107. The number of hydrogen-bond donors (Lipinski definition) is 1. The Labute approximate surface area is 143 Å². The fourth-order valence-corrected chi connectivity index (χ4v) is 3.17. The van der Waals surface area contributed by atoms with Gasteiger partial charge in [0.1, 0.15) is 5.82 Å². The topological polar surface area (TPSA) is 58.1 Å². The Morgan fingerprint density at radius 3 is 2.83 bits per heavy atom. The van der Waals surface area contributed by atoms with Crippen molar-refractivity contribution < 1.29 is 4.79 Å². The molecule has 1 N–H and O–H groups in total. The molecule has 5 heteroatoms. The lowest BCUT2D eigenvalue weighted by Gasteiger charge is -2.31. The van der Waals surface area contributed by atoms with Crippen LogP contribution >= 0.6 is 0 Å². The van der Waals surface area contributed by atoms with Crippen molar-refractivity contribution in [3.63, 3.8) is 0 Å². The average Bonchev–Trinajstić information content (AvgIpc) is 2.63. The Morgan fingerprint density at radius 2 is 2.12 bits per heavy atom. The molecule has 0 radical (unpaired) electrons. The summed E-state index contributed by atoms with van der Waals surface area (Å²) in [6.45, 7) is 4.50. The second-order valence-electron chi connectivity index (χ2n) is 6.36. The lowest BCUT2D eigenvalue weighted by Crippen LogP contribution is -2.41. The Kier molecular flexibility index (Phi) is 5.41. The molecule has 1 aromatic heterocycles. The first-order valence-corrected chi connectivity index (χ1v) is 8.56. The Morgan fingerprint density at radius 1 is 1.29 bits per heavy atom. The van der Waals surface area contributed by atoms with Gasteiger partial charge >= 0.3 is 0 Å². The minimum atomic E-state index is 0.107. The van der Waals surface area contributed by atoms with E-state index in [2.05, 4.69) is 51.4 Å². The van der Waals surface area contributed by atoms with Crippen LogP contribution in [0.3, 0.4) is 0 Å². The van der Waals surface area contributed by atoms with E-state index in [9.17, 15) is 4.79 Å². The molecule has 1 aromatic carbocycles. The summed E-state index contributed by atoms with van der Waals surface area (Å²) in [5.41, 5.74) is 2.53. The van der Waals surface area contributed by atoms with E-state index in [-0.39, 0.29) is 11.8 Å². The summed E-state index contributed by atoms with van der Waals surface area (Å²) < 4.78 is 0. The lowest BCUT2D eigenvalue weighted by molar-refractivity contribution is -0.125. The quantitative estimate of drug-likeness (QED) is 0.917. The highest BCUT2D eigenvalue weighted by Gasteiger charge is 2.25. The number of nitrogens with one attached hydrogen (secondary N) is 1. The summed E-state index contributed by atoms with van der Waals surface area (Å²) >= 11 is 0. The van der Waals surface area contributed by atoms with Crippen LogP contribution in [0, 0.1) is 12.8 Å². The van der Waals surface area contributed by atoms with Crippen molar-refractivity contribution >= 4 is 11.7 Å². The minimum Gasteiger partial charge on any atom is -0.356 e. The maximum Gasteiger partial charge on any atom is 0.223 e. The molecule has 1 aliphatic rings. The van der Waals surface area contributed by atoms with Crippen LogP contribution < -0.4 is 10.2 Å². The predicted molar refractivity (Wildman–Crippen MR) is 94.9 cm³/mol. The standard InChI is InChI=1S/C19H24N4O/c1-15-3-2-4-16(13-15)5-8-22-19(24)17-6-11-23(12-7-17)18-14-20-9-10-21-18/h2-4,9-10,13-14,17H,5-8,11-12H2,1H3,(H,22,24). The molecule has 0 bridgehead atoms. The molecule has 5 nitrogen and oxygen atoms in total. The SMILES string of the molecule is Cc1cccc(CCNC(=O)C2CCN(c3cnccn3)CC2)c1. The first-order valence-electron chi connectivity index (χ1n) is 8.56. The number of piperidine rings is 1. The van der Waals surface area contributed by atoms with Crippen LogP contribution in [0.4, 0.5) is 5.82 Å². The molecule has 1 amide bonds. The van der Waals surface area contributed by atoms with Crippen LogP contribution in [0.15, 0.2) is 42.9 Å². The number of aryl methyl sites for hydroxylation is 1. The molecule has 1 fully saturated rings. The van der Waals surface area contributed by atoms with Gasteiger partial charge in [-0.3, -0.25) is 9.78 Å². The van der Waals surface area contributed by atoms with Gasteiger partial charge in [0.2, 0.25) is 5.91 Å². The number of nitrogens with zero attached hydrogens (tertiary/aromatic N) is 3. The molecule has 0 atom stereocenters. The van der Waals surface area contributed by atoms with Crippen molar-refractivity contribution in [2.75, 3.05) is 24.5 Å². The summed E-state index contributed by atoms with van der Waals surface area (Å²) in [5.74, 6) is 1.19. The van der Waals surface area contributed by atoms with Crippen LogP contribution in [-0.2, 0) is 11.2 Å². The number of amides is 1. The first-order chi connectivity index (χ1) is 11.7. The van der Waals surface area contributed by atoms with E-state index < -0.39 is 0 Å². The van der Waals surface area contributed by atoms with Crippen molar-refractivity contribution in [3.05, 3.63) is 54.0 Å². The summed E-state index contributed by atoms with van der Waals surface area (Å²) in [7, 11) is 0. The lowest BCUT2D eigenvalue weighted by atomic mass is 9.96. The Hall–Kier alpha value is -2.43. The van der Waals surface area contributed by atoms with Gasteiger partial charge in [0.15, 0.2) is 0 Å². The molecule has 126 valence electrons. The fourth-order valence-electron chi connectivity index (χ4n) is 3.17. The van der Waals surface area contributed by atoms with Crippen molar-refractivity contribution in [1.29, 1.82) is 0 Å². The van der Waals surface area contributed by atoms with E-state index in [1.807, 2.05) is 0 Å². The van der Waals surface area contributed by atoms with Crippen LogP contribution in [0.25, 0.3) is 0 Å². The molecular weight excluding hydrogens is 300 g/mol. The van der Waals surface area contributed by atoms with Gasteiger partial charge in [-0.25, -0.2) is 4.98 Å². The number of aromatic nitrogens is 2. The summed E-state index contributed by atoms with van der Waals surface area (Å²) in [5, 5.41) is 3.09. The number of benzene rings is 1. The zero-order chi connectivity index (χ0) is 16.8. The molecule has 0 aliphatic carbocycles. The second kappa shape index (κ2) is 7.90. The molecule has 2 heterocycles. The van der Waals surface area contributed by atoms with Gasteiger partial charge in [0.05, 0.1) is 6.20 Å². The first kappa shape index (κ1) is 16.4. The largest absolute Gasteiger partial charge is 0.356 e. The molecule has 0 unspecified atom stereocenters. The van der Waals surface area contributed by atoms with Gasteiger partial charge in [-0.2, -0.15) is 0 Å². The monoisotopic (exact) mass is 324 g/mol. The number of hydrogen-bond acceptors (Lipinski definition) is 4. The third-order valence-electron chi connectivity index (χ3n) is 4.53. The zero-order valence-electron chi connectivity index (χ0n) is 14.1. The van der Waals surface area contributed by atoms with Crippen molar-refractivity contribution in [1.82, 2.24) is 15.3 Å². The van der Waals surface area contributed by atoms with Gasteiger partial charge in [0, 0.05) is 37.9 Å². The van der Waals surface area contributed by atoms with E-state index in [4.69, 9.17) is 0 Å². The molecule has 3 rings (SSSR count). The molecule has 24 heavy (non-hydrogen) atoms. The Bertz CT molecular complexity index is 666. The van der Waals surface area contributed by atoms with Crippen molar-refractivity contribution in [2.24, 2.45) is 5.92 Å². The molecule has 2 aromatic rings. The highest BCUT2D eigenvalue weighted by Crippen LogP contribution is 2.21. The van der Waals surface area contributed by atoms with Gasteiger partial charge in [-0.05, 0) is 31.7 Å². The fraction of sp³-hybridized carbons (Fsp3) is 0.421. The molecule has 1 saturated heterocycles. The van der Waals surface area contributed by atoms with Crippen LogP contribution in [0.1, 0.15) is 24.0 Å². The molecular formula is C19H24N4O. The maximum absolute atomic E-state index is 12.3. The molecule has 0 saturated carbocycles. The highest BCUT2D eigenvalue weighted by molar-refractivity contribution is 5.78. The Balaban J connectivity index is 1.42. The average molecular weight is 324 g/mol. The van der Waals surface area contributed by atoms with E-state index in [1.165, 1.54) is 11.1 Å².